The number of hydrogen-bond acceptors (Lipinski definition) is 4. The van der Waals surface area contributed by atoms with Crippen molar-refractivity contribution in [2.75, 3.05) is 26.3 Å². The largest absolute Gasteiger partial charge is 0.488 e. The maximum Gasteiger partial charge on any atom is 0.256 e. The van der Waals surface area contributed by atoms with E-state index in [1.54, 1.807) is 6.20 Å². The van der Waals surface area contributed by atoms with Gasteiger partial charge in [-0.05, 0) is 32.0 Å². The maximum atomic E-state index is 5.70. The Balaban J connectivity index is 1.91. The van der Waals surface area contributed by atoms with Gasteiger partial charge in [-0.3, -0.25) is 0 Å². The summed E-state index contributed by atoms with van der Waals surface area (Å²) in [5.41, 5.74) is 0. The van der Waals surface area contributed by atoms with Crippen molar-refractivity contribution in [1.82, 2.24) is 10.3 Å². The molecule has 0 aromatic carbocycles. The minimum atomic E-state index is 0.594. The zero-order valence-corrected chi connectivity index (χ0v) is 9.61. The van der Waals surface area contributed by atoms with Gasteiger partial charge >= 0.3 is 0 Å². The van der Waals surface area contributed by atoms with E-state index in [9.17, 15) is 0 Å². The van der Waals surface area contributed by atoms with Gasteiger partial charge in [0.05, 0.1) is 13.2 Å². The van der Waals surface area contributed by atoms with Crippen LogP contribution in [0, 0.1) is 5.92 Å². The van der Waals surface area contributed by atoms with Gasteiger partial charge in [0.1, 0.15) is 0 Å². The molecular formula is C12H18N2O2. The number of pyridine rings is 1. The topological polar surface area (TPSA) is 43.4 Å². The average Bonchev–Trinajstić information content (AvgIpc) is 2.81. The third kappa shape index (κ3) is 2.85. The number of rotatable bonds is 5. The van der Waals surface area contributed by atoms with Crippen LogP contribution < -0.4 is 14.8 Å². The van der Waals surface area contributed by atoms with E-state index in [2.05, 4.69) is 10.3 Å². The summed E-state index contributed by atoms with van der Waals surface area (Å²) in [6.45, 7) is 5.43. The van der Waals surface area contributed by atoms with Crippen LogP contribution >= 0.6 is 0 Å². The van der Waals surface area contributed by atoms with Gasteiger partial charge in [0.25, 0.3) is 5.88 Å². The highest BCUT2D eigenvalue weighted by atomic mass is 16.5. The summed E-state index contributed by atoms with van der Waals surface area (Å²) in [5, 5.41) is 3.32. The molecule has 1 aromatic rings. The molecule has 1 aliphatic heterocycles. The molecule has 88 valence electrons. The second-order valence-corrected chi connectivity index (χ2v) is 3.91. The van der Waals surface area contributed by atoms with E-state index in [4.69, 9.17) is 9.47 Å². The smallest absolute Gasteiger partial charge is 0.256 e. The first-order valence-electron chi connectivity index (χ1n) is 5.81. The Morgan fingerprint density at radius 3 is 3.19 bits per heavy atom. The molecule has 4 heteroatoms. The number of ether oxygens (including phenoxy) is 2. The average molecular weight is 222 g/mol. The number of nitrogens with one attached hydrogen (secondary N) is 1. The van der Waals surface area contributed by atoms with Crippen LogP contribution in [0.1, 0.15) is 13.3 Å². The zero-order valence-electron chi connectivity index (χ0n) is 9.61. The summed E-state index contributed by atoms with van der Waals surface area (Å²) in [6.07, 6.45) is 2.90. The molecule has 0 aliphatic carbocycles. The summed E-state index contributed by atoms with van der Waals surface area (Å²) in [7, 11) is 0. The van der Waals surface area contributed by atoms with E-state index in [0.29, 0.717) is 25.0 Å². The van der Waals surface area contributed by atoms with Gasteiger partial charge in [-0.25, -0.2) is 4.98 Å². The molecule has 0 bridgehead atoms. The lowest BCUT2D eigenvalue weighted by atomic mass is 10.1. The Labute approximate surface area is 96.0 Å². The lowest BCUT2D eigenvalue weighted by Crippen LogP contribution is -2.16. The molecular weight excluding hydrogens is 204 g/mol. The molecule has 16 heavy (non-hydrogen) atoms. The van der Waals surface area contributed by atoms with E-state index in [0.717, 1.165) is 18.8 Å². The van der Waals surface area contributed by atoms with Crippen molar-refractivity contribution >= 4 is 0 Å². The lowest BCUT2D eigenvalue weighted by molar-refractivity contribution is 0.231. The van der Waals surface area contributed by atoms with Crippen LogP contribution in [0.4, 0.5) is 0 Å². The molecule has 4 nitrogen and oxygen atoms in total. The molecule has 0 saturated carbocycles. The normalized spacial score (nSPS) is 19.7. The van der Waals surface area contributed by atoms with Gasteiger partial charge in [-0.1, -0.05) is 0 Å². The van der Waals surface area contributed by atoms with Crippen LogP contribution in [0.3, 0.4) is 0 Å². The first-order valence-corrected chi connectivity index (χ1v) is 5.81. The van der Waals surface area contributed by atoms with Crippen molar-refractivity contribution in [3.63, 3.8) is 0 Å². The van der Waals surface area contributed by atoms with Gasteiger partial charge in [0.15, 0.2) is 5.75 Å². The van der Waals surface area contributed by atoms with Gasteiger partial charge in [-0.15, -0.1) is 0 Å². The van der Waals surface area contributed by atoms with Crippen molar-refractivity contribution < 1.29 is 9.47 Å². The van der Waals surface area contributed by atoms with Crippen molar-refractivity contribution in [1.29, 1.82) is 0 Å². The van der Waals surface area contributed by atoms with Gasteiger partial charge in [0, 0.05) is 18.7 Å². The SMILES string of the molecule is CCOc1cccnc1OCC1CCNC1. The highest BCUT2D eigenvalue weighted by Crippen LogP contribution is 2.24. The van der Waals surface area contributed by atoms with Crippen LogP contribution in [0.25, 0.3) is 0 Å². The first-order chi connectivity index (χ1) is 7.90. The van der Waals surface area contributed by atoms with Crippen LogP contribution in [0.2, 0.25) is 0 Å². The molecule has 1 saturated heterocycles. The fraction of sp³-hybridized carbons (Fsp3) is 0.583. The van der Waals surface area contributed by atoms with Crippen LogP contribution in [0.15, 0.2) is 18.3 Å². The highest BCUT2D eigenvalue weighted by Gasteiger charge is 2.16. The van der Waals surface area contributed by atoms with Crippen LogP contribution in [-0.4, -0.2) is 31.3 Å². The Kier molecular flexibility index (Phi) is 3.99. The van der Waals surface area contributed by atoms with Crippen LogP contribution in [0.5, 0.6) is 11.6 Å². The summed E-state index contributed by atoms with van der Waals surface area (Å²) in [4.78, 5) is 4.19. The fourth-order valence-electron chi connectivity index (χ4n) is 1.80. The molecule has 0 amide bonds. The second-order valence-electron chi connectivity index (χ2n) is 3.91. The fourth-order valence-corrected chi connectivity index (χ4v) is 1.80. The van der Waals surface area contributed by atoms with Crippen molar-refractivity contribution in [3.05, 3.63) is 18.3 Å². The molecule has 0 spiro atoms. The monoisotopic (exact) mass is 222 g/mol. The minimum absolute atomic E-state index is 0.594. The highest BCUT2D eigenvalue weighted by molar-refractivity contribution is 5.32. The van der Waals surface area contributed by atoms with E-state index in [1.807, 2.05) is 19.1 Å². The number of nitrogens with zero attached hydrogens (tertiary/aromatic N) is 1. The maximum absolute atomic E-state index is 5.70. The van der Waals surface area contributed by atoms with Crippen molar-refractivity contribution in [3.8, 4) is 11.6 Å². The van der Waals surface area contributed by atoms with Gasteiger partial charge in [0.2, 0.25) is 0 Å². The van der Waals surface area contributed by atoms with E-state index in [-0.39, 0.29) is 0 Å². The molecule has 1 unspecified atom stereocenters. The van der Waals surface area contributed by atoms with Crippen molar-refractivity contribution in [2.24, 2.45) is 5.92 Å². The summed E-state index contributed by atoms with van der Waals surface area (Å²) < 4.78 is 11.1. The van der Waals surface area contributed by atoms with Crippen LogP contribution in [-0.2, 0) is 0 Å². The minimum Gasteiger partial charge on any atom is -0.488 e. The Hall–Kier alpha value is -1.29. The third-order valence-corrected chi connectivity index (χ3v) is 2.65. The van der Waals surface area contributed by atoms with E-state index >= 15 is 0 Å². The summed E-state index contributed by atoms with van der Waals surface area (Å²) >= 11 is 0. The molecule has 2 heterocycles. The Morgan fingerprint density at radius 2 is 2.44 bits per heavy atom. The summed E-state index contributed by atoms with van der Waals surface area (Å²) in [6, 6.07) is 3.74. The predicted molar refractivity (Wildman–Crippen MR) is 61.9 cm³/mol. The Morgan fingerprint density at radius 1 is 1.50 bits per heavy atom. The standard InChI is InChI=1S/C12H18N2O2/c1-2-15-11-4-3-6-14-12(11)16-9-10-5-7-13-8-10/h3-4,6,10,13H,2,5,7-9H2,1H3. The van der Waals surface area contributed by atoms with Gasteiger partial charge in [-0.2, -0.15) is 0 Å². The first kappa shape index (κ1) is 11.2. The number of aromatic nitrogens is 1. The number of hydrogen-bond donors (Lipinski definition) is 1. The molecule has 1 atom stereocenters. The molecule has 1 aromatic heterocycles. The second kappa shape index (κ2) is 5.70. The molecule has 1 aliphatic rings. The lowest BCUT2D eigenvalue weighted by Gasteiger charge is -2.12. The van der Waals surface area contributed by atoms with Crippen molar-refractivity contribution in [2.45, 2.75) is 13.3 Å². The zero-order chi connectivity index (χ0) is 11.2. The quantitative estimate of drug-likeness (QED) is 0.819. The molecule has 0 radical (unpaired) electrons. The molecule has 1 fully saturated rings. The van der Waals surface area contributed by atoms with E-state index < -0.39 is 0 Å². The molecule has 1 N–H and O–H groups in total. The third-order valence-electron chi connectivity index (χ3n) is 2.65. The summed E-state index contributed by atoms with van der Waals surface area (Å²) in [5.74, 6) is 1.93. The van der Waals surface area contributed by atoms with Gasteiger partial charge < -0.3 is 14.8 Å². The van der Waals surface area contributed by atoms with E-state index in [1.165, 1.54) is 6.42 Å². The molecule has 2 rings (SSSR count). The Bertz CT molecular complexity index is 325. The predicted octanol–water partition coefficient (Wildman–Crippen LogP) is 1.47.